The van der Waals surface area contributed by atoms with Crippen LogP contribution >= 0.6 is 0 Å². The number of carbonyl (C=O) groups excluding carboxylic acids is 2. The van der Waals surface area contributed by atoms with Crippen molar-refractivity contribution < 1.29 is 17.2 Å². The van der Waals surface area contributed by atoms with Gasteiger partial charge < -0.3 is 47.3 Å². The highest BCUT2D eigenvalue weighted by atomic mass is 16.5. The van der Waals surface area contributed by atoms with Gasteiger partial charge >= 0.3 is 6.03 Å². The molecule has 3 aromatic rings. The molecule has 0 unspecified atom stereocenters. The van der Waals surface area contributed by atoms with Crippen molar-refractivity contribution in [3.05, 3.63) is 54.1 Å². The summed E-state index contributed by atoms with van der Waals surface area (Å²) in [6.07, 6.45) is 0. The van der Waals surface area contributed by atoms with E-state index < -0.39 is 0 Å². The monoisotopic (exact) mass is 580 g/mol. The second-order valence-corrected chi connectivity index (χ2v) is 10.1. The summed E-state index contributed by atoms with van der Waals surface area (Å²) in [4.78, 5) is 41.0. The van der Waals surface area contributed by atoms with Crippen molar-refractivity contribution in [2.24, 2.45) is 0 Å². The van der Waals surface area contributed by atoms with Crippen molar-refractivity contribution in [1.29, 1.82) is 0 Å². The van der Waals surface area contributed by atoms with Crippen LogP contribution in [-0.2, 0) is 4.74 Å². The van der Waals surface area contributed by atoms with Crippen LogP contribution in [-0.4, -0.2) is 97.8 Å². The molecule has 2 aromatic carbocycles. The summed E-state index contributed by atoms with van der Waals surface area (Å²) in [6.45, 7) is 8.49. The predicted octanol–water partition coefficient (Wildman–Crippen LogP) is 3.68. The maximum absolute atomic E-state index is 12.8. The molecule has 2 saturated heterocycles. The van der Waals surface area contributed by atoms with Gasteiger partial charge in [-0.15, -0.1) is 0 Å². The summed E-state index contributed by atoms with van der Waals surface area (Å²) in [5.41, 5.74) is 9.54. The van der Waals surface area contributed by atoms with Crippen molar-refractivity contribution in [2.45, 2.75) is 6.92 Å². The number of likely N-dealkylation sites (N-methyl/N-ethyl adjacent to an activating group) is 1. The zero-order chi connectivity index (χ0) is 28.8. The molecule has 13 nitrogen and oxygen atoms in total. The van der Waals surface area contributed by atoms with Crippen LogP contribution < -0.4 is 32.7 Å². The predicted molar refractivity (Wildman–Crippen MR) is 171 cm³/mol. The number of piperazine rings is 1. The number of anilines is 5. The number of amides is 3. The van der Waals surface area contributed by atoms with Crippen molar-refractivity contribution in [3.63, 3.8) is 0 Å². The molecule has 8 N–H and O–H groups in total. The Kier molecular flexibility index (Phi) is 10.1. The summed E-state index contributed by atoms with van der Waals surface area (Å²) in [5.74, 6) is 1.83. The van der Waals surface area contributed by atoms with E-state index in [2.05, 4.69) is 37.8 Å². The van der Waals surface area contributed by atoms with Crippen LogP contribution in [0.4, 0.5) is 33.5 Å². The van der Waals surface area contributed by atoms with E-state index in [-0.39, 0.29) is 20.9 Å². The highest BCUT2D eigenvalue weighted by Gasteiger charge is 2.21. The van der Waals surface area contributed by atoms with Crippen molar-refractivity contribution in [1.82, 2.24) is 25.9 Å². The van der Waals surface area contributed by atoms with E-state index in [1.54, 1.807) is 36.4 Å². The van der Waals surface area contributed by atoms with E-state index in [4.69, 9.17) is 15.5 Å². The van der Waals surface area contributed by atoms with Crippen LogP contribution in [0.15, 0.2) is 48.5 Å². The number of hydrogen-bond acceptors (Lipinski definition) is 10. The minimum atomic E-state index is -0.385. The number of rotatable bonds is 7. The molecule has 0 atom stereocenters. The lowest BCUT2D eigenvalue weighted by Gasteiger charge is -2.32. The average Bonchev–Trinajstić information content (AvgIpc) is 2.99. The fourth-order valence-electron chi connectivity index (χ4n) is 4.79. The van der Waals surface area contributed by atoms with Gasteiger partial charge in [0.25, 0.3) is 5.91 Å². The SMILES string of the molecule is CCNc1nc(-c2ccc(NC(=O)Nc3ccc(C(=O)N4CCN(C)CC4)cc3)cc2)nc(N2CCOCC2)c1N.N.[HH].[HH]. The van der Waals surface area contributed by atoms with Gasteiger partial charge in [-0.3, -0.25) is 4.79 Å². The second kappa shape index (κ2) is 13.9. The Morgan fingerprint density at radius 3 is 2.10 bits per heavy atom. The number of urea groups is 1. The molecule has 13 heteroatoms. The van der Waals surface area contributed by atoms with Crippen molar-refractivity contribution >= 4 is 40.6 Å². The molecule has 3 amide bonds. The Balaban J connectivity index is 0.00000225. The summed E-state index contributed by atoms with van der Waals surface area (Å²) in [7, 11) is 2.05. The molecule has 2 aliphatic rings. The lowest BCUT2D eigenvalue weighted by atomic mass is 10.1. The zero-order valence-corrected chi connectivity index (χ0v) is 24.2. The number of ether oxygens (including phenoxy) is 1. The fraction of sp³-hybridized carbons (Fsp3) is 0.379. The van der Waals surface area contributed by atoms with Crippen LogP contribution in [0.2, 0.25) is 0 Å². The quantitative estimate of drug-likeness (QED) is 0.277. The number of hydrogen-bond donors (Lipinski definition) is 5. The average molecular weight is 581 g/mol. The van der Waals surface area contributed by atoms with E-state index in [1.165, 1.54) is 0 Å². The Hall–Kier alpha value is -4.46. The lowest BCUT2D eigenvalue weighted by molar-refractivity contribution is 0.0664. The number of nitrogens with one attached hydrogen (secondary N) is 3. The Morgan fingerprint density at radius 1 is 0.905 bits per heavy atom. The van der Waals surface area contributed by atoms with E-state index >= 15 is 0 Å². The van der Waals surface area contributed by atoms with Gasteiger partial charge in [0.2, 0.25) is 0 Å². The normalized spacial score (nSPS) is 15.5. The molecule has 0 saturated carbocycles. The molecule has 5 rings (SSSR count). The van der Waals surface area contributed by atoms with Gasteiger partial charge in [0, 0.05) is 71.2 Å². The van der Waals surface area contributed by atoms with Crippen molar-refractivity contribution in [3.8, 4) is 11.4 Å². The van der Waals surface area contributed by atoms with Gasteiger partial charge in [-0.05, 0) is 62.5 Å². The van der Waals surface area contributed by atoms with Crippen LogP contribution in [0, 0.1) is 0 Å². The smallest absolute Gasteiger partial charge is 0.323 e. The minimum absolute atomic E-state index is 0. The first kappa shape index (κ1) is 30.5. The van der Waals surface area contributed by atoms with Crippen LogP contribution in [0.25, 0.3) is 11.4 Å². The van der Waals surface area contributed by atoms with Crippen LogP contribution in [0.3, 0.4) is 0 Å². The third-order valence-corrected chi connectivity index (χ3v) is 7.16. The Bertz CT molecular complexity index is 1370. The number of nitrogens with two attached hydrogens (primary N) is 1. The number of benzene rings is 2. The maximum atomic E-state index is 12.8. The minimum Gasteiger partial charge on any atom is -0.393 e. The number of morpholine rings is 1. The van der Waals surface area contributed by atoms with Gasteiger partial charge in [0.1, 0.15) is 5.69 Å². The number of aromatic nitrogens is 2. The van der Waals surface area contributed by atoms with Crippen LogP contribution in [0.1, 0.15) is 20.1 Å². The standard InChI is InChI=1S/C29H37N9O3.H3N.2H2/c1-3-31-26-24(30)27(37-16-18-41-19-17-37)35-25(34-26)20-4-8-22(9-5-20)32-29(40)33-23-10-6-21(7-11-23)28(39)38-14-12-36(2)13-15-38;;;/h4-11H,3,12-19,30H2,1-2H3,(H,31,34,35)(H2,32,33,40);1H3;2*1H. The molecular weight excluding hydrogens is 536 g/mol. The molecule has 2 fully saturated rings. The molecule has 2 aliphatic heterocycles. The first-order valence-corrected chi connectivity index (χ1v) is 13.9. The number of carbonyl (C=O) groups is 2. The lowest BCUT2D eigenvalue weighted by Crippen LogP contribution is -2.47. The molecule has 0 aliphatic carbocycles. The molecule has 3 heterocycles. The summed E-state index contributed by atoms with van der Waals surface area (Å²) >= 11 is 0. The molecule has 0 spiro atoms. The number of nitrogens with zero attached hydrogens (tertiary/aromatic N) is 5. The molecule has 228 valence electrons. The molecule has 0 bridgehead atoms. The van der Waals surface area contributed by atoms with Gasteiger partial charge in [0.05, 0.1) is 13.2 Å². The maximum Gasteiger partial charge on any atom is 0.323 e. The highest BCUT2D eigenvalue weighted by molar-refractivity contribution is 6.00. The van der Waals surface area contributed by atoms with Gasteiger partial charge in [-0.25, -0.2) is 14.8 Å². The van der Waals surface area contributed by atoms with Gasteiger partial charge in [-0.1, -0.05) is 0 Å². The van der Waals surface area contributed by atoms with Gasteiger partial charge in [-0.2, -0.15) is 0 Å². The Morgan fingerprint density at radius 2 is 1.50 bits per heavy atom. The first-order chi connectivity index (χ1) is 19.9. The highest BCUT2D eigenvalue weighted by Crippen LogP contribution is 2.31. The van der Waals surface area contributed by atoms with E-state index in [9.17, 15) is 9.59 Å². The van der Waals surface area contributed by atoms with Gasteiger partial charge in [0.15, 0.2) is 17.5 Å². The van der Waals surface area contributed by atoms with E-state index in [1.807, 2.05) is 24.0 Å². The second-order valence-electron chi connectivity index (χ2n) is 10.1. The molecular formula is C29H44N10O3. The summed E-state index contributed by atoms with van der Waals surface area (Å²) in [6, 6.07) is 13.9. The molecule has 1 aromatic heterocycles. The third kappa shape index (κ3) is 7.24. The van der Waals surface area contributed by atoms with Crippen LogP contribution in [0.5, 0.6) is 0 Å². The number of nitrogen functional groups attached to an aromatic ring is 1. The summed E-state index contributed by atoms with van der Waals surface area (Å²) in [5, 5.41) is 8.89. The molecule has 42 heavy (non-hydrogen) atoms. The zero-order valence-electron chi connectivity index (χ0n) is 24.2. The topological polar surface area (TPSA) is 176 Å². The Labute approximate surface area is 249 Å². The first-order valence-electron chi connectivity index (χ1n) is 13.9. The van der Waals surface area contributed by atoms with Crippen molar-refractivity contribution in [2.75, 3.05) is 92.7 Å². The van der Waals surface area contributed by atoms with E-state index in [0.29, 0.717) is 86.0 Å². The fourth-order valence-corrected chi connectivity index (χ4v) is 4.79. The molecule has 0 radical (unpaired) electrons. The summed E-state index contributed by atoms with van der Waals surface area (Å²) < 4.78 is 5.48. The van der Waals surface area contributed by atoms with E-state index in [0.717, 1.165) is 18.7 Å². The largest absolute Gasteiger partial charge is 0.393 e. The third-order valence-electron chi connectivity index (χ3n) is 7.16.